The highest BCUT2D eigenvalue weighted by atomic mass is 32.1. The molecule has 4 heteroatoms. The molecule has 2 aromatic rings. The van der Waals surface area contributed by atoms with Gasteiger partial charge in [0.15, 0.2) is 0 Å². The van der Waals surface area contributed by atoms with Crippen LogP contribution in [-0.4, -0.2) is 11.7 Å². The van der Waals surface area contributed by atoms with Gasteiger partial charge in [-0.2, -0.15) is 0 Å². The molecule has 1 aromatic heterocycles. The predicted molar refractivity (Wildman–Crippen MR) is 108 cm³/mol. The lowest BCUT2D eigenvalue weighted by Crippen LogP contribution is -2.47. The summed E-state index contributed by atoms with van der Waals surface area (Å²) in [5, 5.41) is 4.98. The molecule has 4 aliphatic rings. The quantitative estimate of drug-likeness (QED) is 0.695. The Bertz CT molecular complexity index is 818. The highest BCUT2D eigenvalue weighted by Gasteiger charge is 2.51. The first-order chi connectivity index (χ1) is 13.1. The minimum Gasteiger partial charge on any atom is -0.326 e. The Morgan fingerprint density at radius 2 is 1.59 bits per heavy atom. The van der Waals surface area contributed by atoms with Crippen LogP contribution in [0.25, 0.3) is 0 Å². The van der Waals surface area contributed by atoms with Crippen LogP contribution in [0.1, 0.15) is 60.2 Å². The van der Waals surface area contributed by atoms with Crippen molar-refractivity contribution in [2.24, 2.45) is 23.2 Å². The van der Waals surface area contributed by atoms with E-state index in [1.807, 2.05) is 41.8 Å². The van der Waals surface area contributed by atoms with Crippen LogP contribution < -0.4 is 5.32 Å². The van der Waals surface area contributed by atoms with Gasteiger partial charge in [0.05, 0.1) is 4.88 Å². The van der Waals surface area contributed by atoms with Gasteiger partial charge in [-0.25, -0.2) is 0 Å². The Kier molecular flexibility index (Phi) is 4.19. The van der Waals surface area contributed by atoms with Gasteiger partial charge in [0.2, 0.25) is 11.7 Å². The molecule has 140 valence electrons. The van der Waals surface area contributed by atoms with E-state index < -0.39 is 0 Å². The molecule has 6 rings (SSSR count). The molecule has 4 saturated carbocycles. The second-order valence-electron chi connectivity index (χ2n) is 9.03. The number of hydrogen-bond acceptors (Lipinski definition) is 3. The fourth-order valence-electron chi connectivity index (χ4n) is 6.31. The van der Waals surface area contributed by atoms with Crippen LogP contribution in [-0.2, 0) is 4.79 Å². The lowest BCUT2D eigenvalue weighted by molar-refractivity contribution is -0.124. The summed E-state index contributed by atoms with van der Waals surface area (Å²) < 4.78 is 0. The standard InChI is InChI=1S/C23H25NO2S/c25-21(14-23-11-15-8-16(12-23)10-17(9-15)13-23)24-19-5-3-18(4-6-19)22(26)20-2-1-7-27-20/h1-7,15-17H,8-14H2,(H,24,25). The fraction of sp³-hybridized carbons (Fsp3) is 0.478. The van der Waals surface area contributed by atoms with E-state index in [1.165, 1.54) is 49.9 Å². The molecule has 4 aliphatic carbocycles. The molecule has 1 N–H and O–H groups in total. The number of ketones is 1. The first-order valence-corrected chi connectivity index (χ1v) is 10.9. The summed E-state index contributed by atoms with van der Waals surface area (Å²) in [6.45, 7) is 0. The molecule has 1 aromatic carbocycles. The predicted octanol–water partition coefficient (Wildman–Crippen LogP) is 5.52. The molecular weight excluding hydrogens is 354 g/mol. The van der Waals surface area contributed by atoms with Crippen molar-refractivity contribution in [1.29, 1.82) is 0 Å². The van der Waals surface area contributed by atoms with Crippen molar-refractivity contribution in [3.63, 3.8) is 0 Å². The molecule has 0 radical (unpaired) electrons. The van der Waals surface area contributed by atoms with Gasteiger partial charge in [-0.05, 0) is 97.4 Å². The summed E-state index contributed by atoms with van der Waals surface area (Å²) in [7, 11) is 0. The molecule has 3 nitrogen and oxygen atoms in total. The zero-order valence-corrected chi connectivity index (χ0v) is 16.3. The summed E-state index contributed by atoms with van der Waals surface area (Å²) in [6.07, 6.45) is 8.62. The third-order valence-corrected chi connectivity index (χ3v) is 7.75. The first kappa shape index (κ1) is 17.2. The largest absolute Gasteiger partial charge is 0.326 e. The highest BCUT2D eigenvalue weighted by Crippen LogP contribution is 2.61. The van der Waals surface area contributed by atoms with Crippen LogP contribution in [0.15, 0.2) is 41.8 Å². The SMILES string of the molecule is O=C(CC12CC3CC(CC(C3)C1)C2)Nc1ccc(C(=O)c2cccs2)cc1. The Balaban J connectivity index is 1.23. The molecule has 27 heavy (non-hydrogen) atoms. The number of anilines is 1. The number of rotatable bonds is 5. The van der Waals surface area contributed by atoms with Crippen molar-refractivity contribution in [3.05, 3.63) is 52.2 Å². The molecule has 1 amide bonds. The average molecular weight is 380 g/mol. The number of carbonyl (C=O) groups is 2. The summed E-state index contributed by atoms with van der Waals surface area (Å²) in [5.74, 6) is 2.77. The van der Waals surface area contributed by atoms with Crippen molar-refractivity contribution in [3.8, 4) is 0 Å². The second-order valence-corrected chi connectivity index (χ2v) is 9.97. The zero-order valence-electron chi connectivity index (χ0n) is 15.4. The number of carbonyl (C=O) groups excluding carboxylic acids is 2. The molecule has 1 heterocycles. The van der Waals surface area contributed by atoms with E-state index in [0.29, 0.717) is 12.0 Å². The Morgan fingerprint density at radius 1 is 0.963 bits per heavy atom. The van der Waals surface area contributed by atoms with Gasteiger partial charge in [-0.15, -0.1) is 11.3 Å². The van der Waals surface area contributed by atoms with E-state index in [0.717, 1.165) is 28.3 Å². The van der Waals surface area contributed by atoms with Gasteiger partial charge < -0.3 is 5.32 Å². The summed E-state index contributed by atoms with van der Waals surface area (Å²) >= 11 is 1.45. The fourth-order valence-corrected chi connectivity index (χ4v) is 6.99. The van der Waals surface area contributed by atoms with Gasteiger partial charge in [0.1, 0.15) is 0 Å². The molecule has 0 unspecified atom stereocenters. The van der Waals surface area contributed by atoms with Gasteiger partial charge in [0.25, 0.3) is 0 Å². The lowest BCUT2D eigenvalue weighted by atomic mass is 9.49. The Labute approximate surface area is 164 Å². The van der Waals surface area contributed by atoms with Crippen molar-refractivity contribution in [2.45, 2.75) is 44.9 Å². The number of thiophene rings is 1. The minimum atomic E-state index is 0.0384. The van der Waals surface area contributed by atoms with Crippen molar-refractivity contribution in [1.82, 2.24) is 0 Å². The molecule has 0 spiro atoms. The average Bonchev–Trinajstić information content (AvgIpc) is 3.14. The molecule has 0 saturated heterocycles. The maximum absolute atomic E-state index is 12.7. The second kappa shape index (κ2) is 6.59. The van der Waals surface area contributed by atoms with E-state index >= 15 is 0 Å². The molecular formula is C23H25NO2S. The number of benzene rings is 1. The smallest absolute Gasteiger partial charge is 0.224 e. The third-order valence-electron chi connectivity index (χ3n) is 6.88. The third kappa shape index (κ3) is 3.36. The van der Waals surface area contributed by atoms with Gasteiger partial charge in [-0.1, -0.05) is 6.07 Å². The topological polar surface area (TPSA) is 46.2 Å². The number of nitrogens with one attached hydrogen (secondary N) is 1. The molecule has 0 aliphatic heterocycles. The normalized spacial score (nSPS) is 31.0. The van der Waals surface area contributed by atoms with Crippen LogP contribution in [0.2, 0.25) is 0 Å². The highest BCUT2D eigenvalue weighted by molar-refractivity contribution is 7.12. The first-order valence-electron chi connectivity index (χ1n) is 10.1. The van der Waals surface area contributed by atoms with E-state index in [2.05, 4.69) is 5.32 Å². The monoisotopic (exact) mass is 379 g/mol. The van der Waals surface area contributed by atoms with E-state index in [-0.39, 0.29) is 17.1 Å². The molecule has 4 bridgehead atoms. The van der Waals surface area contributed by atoms with Crippen molar-refractivity contribution in [2.75, 3.05) is 5.32 Å². The van der Waals surface area contributed by atoms with E-state index in [4.69, 9.17) is 0 Å². The van der Waals surface area contributed by atoms with Crippen LogP contribution in [0.3, 0.4) is 0 Å². The van der Waals surface area contributed by atoms with Gasteiger partial charge in [0, 0.05) is 17.7 Å². The zero-order chi connectivity index (χ0) is 18.4. The van der Waals surface area contributed by atoms with Gasteiger partial charge in [-0.3, -0.25) is 9.59 Å². The molecule has 0 atom stereocenters. The molecule has 4 fully saturated rings. The van der Waals surface area contributed by atoms with Crippen LogP contribution in [0.5, 0.6) is 0 Å². The summed E-state index contributed by atoms with van der Waals surface area (Å²) in [5.41, 5.74) is 1.71. The summed E-state index contributed by atoms with van der Waals surface area (Å²) in [4.78, 5) is 25.9. The van der Waals surface area contributed by atoms with Crippen LogP contribution >= 0.6 is 11.3 Å². The number of hydrogen-bond donors (Lipinski definition) is 1. The Hall–Kier alpha value is -1.94. The van der Waals surface area contributed by atoms with Crippen molar-refractivity contribution >= 4 is 28.7 Å². The number of amides is 1. The van der Waals surface area contributed by atoms with E-state index in [1.54, 1.807) is 0 Å². The maximum Gasteiger partial charge on any atom is 0.224 e. The maximum atomic E-state index is 12.7. The lowest BCUT2D eigenvalue weighted by Gasteiger charge is -2.56. The minimum absolute atomic E-state index is 0.0384. The van der Waals surface area contributed by atoms with Crippen LogP contribution in [0, 0.1) is 23.2 Å². The Morgan fingerprint density at radius 3 is 2.15 bits per heavy atom. The summed E-state index contributed by atoms with van der Waals surface area (Å²) in [6, 6.07) is 11.0. The van der Waals surface area contributed by atoms with E-state index in [9.17, 15) is 9.59 Å². The van der Waals surface area contributed by atoms with Crippen LogP contribution in [0.4, 0.5) is 5.69 Å². The van der Waals surface area contributed by atoms with Crippen molar-refractivity contribution < 1.29 is 9.59 Å². The van der Waals surface area contributed by atoms with Gasteiger partial charge >= 0.3 is 0 Å².